The lowest BCUT2D eigenvalue weighted by atomic mass is 10.1. The van der Waals surface area contributed by atoms with Crippen molar-refractivity contribution in [2.45, 2.75) is 12.5 Å². The summed E-state index contributed by atoms with van der Waals surface area (Å²) in [4.78, 5) is 6.91. The van der Waals surface area contributed by atoms with E-state index in [1.165, 1.54) is 6.42 Å². The number of para-hydroxylation sites is 2. The molecule has 0 radical (unpaired) electrons. The zero-order valence-corrected chi connectivity index (χ0v) is 9.60. The maximum absolute atomic E-state index is 5.85. The molecule has 0 unspecified atom stereocenters. The second-order valence-corrected chi connectivity index (χ2v) is 4.93. The van der Waals surface area contributed by atoms with Crippen molar-refractivity contribution in [3.05, 3.63) is 24.3 Å². The normalized spacial score (nSPS) is 27.9. The van der Waals surface area contributed by atoms with Crippen LogP contribution < -0.4 is 10.2 Å². The van der Waals surface area contributed by atoms with Crippen LogP contribution in [-0.4, -0.2) is 30.7 Å². The van der Waals surface area contributed by atoms with Crippen LogP contribution in [0.1, 0.15) is 6.42 Å². The predicted octanol–water partition coefficient (Wildman–Crippen LogP) is 1.63. The Morgan fingerprint density at radius 3 is 3.18 bits per heavy atom. The summed E-state index contributed by atoms with van der Waals surface area (Å²) in [5.74, 6) is 0.769. The van der Waals surface area contributed by atoms with E-state index in [2.05, 4.69) is 15.2 Å². The lowest BCUT2D eigenvalue weighted by molar-refractivity contribution is 0.534. The number of anilines is 1. The maximum atomic E-state index is 5.85. The van der Waals surface area contributed by atoms with Crippen LogP contribution >= 0.6 is 0 Å². The van der Waals surface area contributed by atoms with Gasteiger partial charge in [-0.1, -0.05) is 12.1 Å². The van der Waals surface area contributed by atoms with Crippen molar-refractivity contribution in [3.8, 4) is 0 Å². The van der Waals surface area contributed by atoms with E-state index >= 15 is 0 Å². The number of hydrogen-bond acceptors (Lipinski definition) is 4. The summed E-state index contributed by atoms with van der Waals surface area (Å²) in [6.45, 7) is 3.27. The minimum Gasteiger partial charge on any atom is -0.423 e. The van der Waals surface area contributed by atoms with E-state index in [0.29, 0.717) is 6.04 Å². The molecule has 88 valence electrons. The van der Waals surface area contributed by atoms with Crippen molar-refractivity contribution >= 4 is 17.1 Å². The molecule has 1 N–H and O–H groups in total. The lowest BCUT2D eigenvalue weighted by Gasteiger charge is -2.20. The number of nitrogens with one attached hydrogen (secondary N) is 1. The highest BCUT2D eigenvalue weighted by atomic mass is 16.4. The quantitative estimate of drug-likeness (QED) is 0.807. The molecule has 3 heterocycles. The molecule has 0 spiro atoms. The number of benzene rings is 1. The monoisotopic (exact) mass is 229 g/mol. The summed E-state index contributed by atoms with van der Waals surface area (Å²) in [5, 5.41) is 3.45. The van der Waals surface area contributed by atoms with Crippen LogP contribution in [0.2, 0.25) is 0 Å². The molecular formula is C13H15N3O. The highest BCUT2D eigenvalue weighted by molar-refractivity contribution is 5.74. The number of hydrogen-bond donors (Lipinski definition) is 1. The van der Waals surface area contributed by atoms with Crippen molar-refractivity contribution in [1.82, 2.24) is 10.3 Å². The molecule has 1 aromatic carbocycles. The van der Waals surface area contributed by atoms with Gasteiger partial charge in [0.1, 0.15) is 5.52 Å². The van der Waals surface area contributed by atoms with Gasteiger partial charge in [0.25, 0.3) is 6.01 Å². The molecule has 2 aromatic rings. The molecule has 0 aliphatic carbocycles. The van der Waals surface area contributed by atoms with Crippen LogP contribution in [0.15, 0.2) is 28.7 Å². The zero-order chi connectivity index (χ0) is 11.2. The van der Waals surface area contributed by atoms with E-state index in [1.54, 1.807) is 0 Å². The van der Waals surface area contributed by atoms with Crippen LogP contribution in [-0.2, 0) is 0 Å². The van der Waals surface area contributed by atoms with Crippen molar-refractivity contribution in [2.24, 2.45) is 5.92 Å². The van der Waals surface area contributed by atoms with Crippen molar-refractivity contribution in [2.75, 3.05) is 24.5 Å². The molecule has 2 saturated heterocycles. The number of nitrogens with zero attached hydrogens (tertiary/aromatic N) is 2. The summed E-state index contributed by atoms with van der Waals surface area (Å²) >= 11 is 0. The Bertz CT molecular complexity index is 517. The van der Waals surface area contributed by atoms with E-state index < -0.39 is 0 Å². The molecule has 17 heavy (non-hydrogen) atoms. The standard InChI is InChI=1S/C13H15N3O/c1-2-4-12-10(3-1)15-13(17-12)16-6-5-9-7-14-8-11(9)16/h1-4,9,11,14H,5-8H2/t9-,11+/m0/s1. The number of aromatic nitrogens is 1. The van der Waals surface area contributed by atoms with E-state index in [9.17, 15) is 0 Å². The molecule has 2 atom stereocenters. The van der Waals surface area contributed by atoms with Gasteiger partial charge in [0.15, 0.2) is 5.58 Å². The lowest BCUT2D eigenvalue weighted by Crippen LogP contribution is -2.34. The Morgan fingerprint density at radius 1 is 1.29 bits per heavy atom. The van der Waals surface area contributed by atoms with Crippen molar-refractivity contribution in [1.29, 1.82) is 0 Å². The zero-order valence-electron chi connectivity index (χ0n) is 9.60. The van der Waals surface area contributed by atoms with Crippen molar-refractivity contribution in [3.63, 3.8) is 0 Å². The third-order valence-electron chi connectivity index (χ3n) is 3.97. The Balaban J connectivity index is 1.74. The Labute approximate surface area is 99.6 Å². The second-order valence-electron chi connectivity index (χ2n) is 4.93. The third-order valence-corrected chi connectivity index (χ3v) is 3.97. The highest BCUT2D eigenvalue weighted by Crippen LogP contribution is 2.32. The van der Waals surface area contributed by atoms with E-state index in [-0.39, 0.29) is 0 Å². The summed E-state index contributed by atoms with van der Waals surface area (Å²) in [6.07, 6.45) is 1.25. The van der Waals surface area contributed by atoms with Gasteiger partial charge >= 0.3 is 0 Å². The number of fused-ring (bicyclic) bond motifs is 2. The molecule has 4 heteroatoms. The third kappa shape index (κ3) is 1.37. The molecule has 0 bridgehead atoms. The number of oxazole rings is 1. The van der Waals surface area contributed by atoms with Crippen molar-refractivity contribution < 1.29 is 4.42 Å². The topological polar surface area (TPSA) is 41.3 Å². The molecule has 2 fully saturated rings. The Kier molecular flexibility index (Phi) is 1.93. The van der Waals surface area contributed by atoms with Crippen LogP contribution in [0.5, 0.6) is 0 Å². The first-order valence-corrected chi connectivity index (χ1v) is 6.25. The van der Waals surface area contributed by atoms with Gasteiger partial charge in [-0.2, -0.15) is 4.98 Å². The highest BCUT2D eigenvalue weighted by Gasteiger charge is 2.39. The smallest absolute Gasteiger partial charge is 0.298 e. The van der Waals surface area contributed by atoms with Gasteiger partial charge in [0, 0.05) is 25.7 Å². The maximum Gasteiger partial charge on any atom is 0.298 e. The fraction of sp³-hybridized carbons (Fsp3) is 0.462. The van der Waals surface area contributed by atoms with Crippen LogP contribution in [0.4, 0.5) is 6.01 Å². The van der Waals surface area contributed by atoms with Gasteiger partial charge in [0.05, 0.1) is 0 Å². The van der Waals surface area contributed by atoms with Crippen LogP contribution in [0.3, 0.4) is 0 Å². The molecule has 4 nitrogen and oxygen atoms in total. The fourth-order valence-corrected chi connectivity index (χ4v) is 3.07. The van der Waals surface area contributed by atoms with Crippen LogP contribution in [0.25, 0.3) is 11.1 Å². The van der Waals surface area contributed by atoms with Gasteiger partial charge < -0.3 is 14.6 Å². The fourth-order valence-electron chi connectivity index (χ4n) is 3.07. The SMILES string of the molecule is c1ccc2oc(N3CC[C@H]4CNC[C@H]43)nc2c1. The predicted molar refractivity (Wildman–Crippen MR) is 66.1 cm³/mol. The largest absolute Gasteiger partial charge is 0.423 e. The molecule has 0 saturated carbocycles. The second kappa shape index (κ2) is 3.47. The first-order valence-electron chi connectivity index (χ1n) is 6.25. The van der Waals surface area contributed by atoms with Gasteiger partial charge in [-0.3, -0.25) is 0 Å². The van der Waals surface area contributed by atoms with Gasteiger partial charge in [-0.25, -0.2) is 0 Å². The summed E-state index contributed by atoms with van der Waals surface area (Å²) in [6, 6.07) is 9.33. The molecule has 1 aromatic heterocycles. The average molecular weight is 229 g/mol. The summed E-state index contributed by atoms with van der Waals surface area (Å²) in [7, 11) is 0. The van der Waals surface area contributed by atoms with Crippen LogP contribution in [0, 0.1) is 5.92 Å². The molecular weight excluding hydrogens is 214 g/mol. The van der Waals surface area contributed by atoms with Gasteiger partial charge in [-0.05, 0) is 24.5 Å². The minimum absolute atomic E-state index is 0.572. The Hall–Kier alpha value is -1.55. The van der Waals surface area contributed by atoms with Gasteiger partial charge in [0.2, 0.25) is 0 Å². The van der Waals surface area contributed by atoms with E-state index in [4.69, 9.17) is 4.42 Å². The number of rotatable bonds is 1. The van der Waals surface area contributed by atoms with E-state index in [0.717, 1.165) is 42.7 Å². The summed E-state index contributed by atoms with van der Waals surface area (Å²) < 4.78 is 5.85. The average Bonchev–Trinajstić information content (AvgIpc) is 3.02. The molecule has 0 amide bonds. The first kappa shape index (κ1) is 9.48. The Morgan fingerprint density at radius 2 is 2.24 bits per heavy atom. The molecule has 4 rings (SSSR count). The van der Waals surface area contributed by atoms with E-state index in [1.807, 2.05) is 24.3 Å². The minimum atomic E-state index is 0.572. The first-order chi connectivity index (χ1) is 8.42. The summed E-state index contributed by atoms with van der Waals surface area (Å²) in [5.41, 5.74) is 1.84. The van der Waals surface area contributed by atoms with Gasteiger partial charge in [-0.15, -0.1) is 0 Å². The molecule has 2 aliphatic heterocycles. The molecule has 2 aliphatic rings.